The van der Waals surface area contributed by atoms with Crippen LogP contribution >= 0.6 is 47.8 Å². The van der Waals surface area contributed by atoms with Gasteiger partial charge in [0.05, 0.1) is 11.4 Å². The van der Waals surface area contributed by atoms with E-state index in [2.05, 4.69) is 85.0 Å². The van der Waals surface area contributed by atoms with E-state index < -0.39 is 0 Å². The van der Waals surface area contributed by atoms with Crippen LogP contribution in [0.1, 0.15) is 27.1 Å². The summed E-state index contributed by atoms with van der Waals surface area (Å²) in [6.07, 6.45) is 0.985. The lowest BCUT2D eigenvalue weighted by atomic mass is 9.98. The van der Waals surface area contributed by atoms with Crippen molar-refractivity contribution < 1.29 is 4.74 Å². The molecule has 1 unspecified atom stereocenters. The van der Waals surface area contributed by atoms with E-state index in [1.54, 1.807) is 0 Å². The average molecular weight is 461 g/mol. The summed E-state index contributed by atoms with van der Waals surface area (Å²) in [4.78, 5) is 0.129. The molecule has 1 atom stereocenters. The molecule has 2 aromatic rings. The standard InChI is InChI=1S/C16H13Br3O/c1-9-12(3-2-4-14(9)18)15(19)13-8-11(17)7-10-5-6-20-16(10)13/h2-4,7-8,15H,5-6H2,1H3. The van der Waals surface area contributed by atoms with Crippen molar-refractivity contribution in [3.63, 3.8) is 0 Å². The van der Waals surface area contributed by atoms with E-state index in [0.29, 0.717) is 0 Å². The summed E-state index contributed by atoms with van der Waals surface area (Å²) in [5, 5.41) is 0. The minimum absolute atomic E-state index is 0.129. The first-order valence-electron chi connectivity index (χ1n) is 6.42. The monoisotopic (exact) mass is 458 g/mol. The lowest BCUT2D eigenvalue weighted by Gasteiger charge is -2.18. The van der Waals surface area contributed by atoms with Crippen molar-refractivity contribution in [3.8, 4) is 5.75 Å². The molecule has 0 aromatic heterocycles. The van der Waals surface area contributed by atoms with Crippen molar-refractivity contribution in [2.75, 3.05) is 6.61 Å². The summed E-state index contributed by atoms with van der Waals surface area (Å²) in [7, 11) is 0. The van der Waals surface area contributed by atoms with E-state index in [4.69, 9.17) is 4.74 Å². The zero-order valence-electron chi connectivity index (χ0n) is 10.9. The van der Waals surface area contributed by atoms with Crippen molar-refractivity contribution in [2.24, 2.45) is 0 Å². The highest BCUT2D eigenvalue weighted by atomic mass is 79.9. The van der Waals surface area contributed by atoms with Crippen LogP contribution in [-0.4, -0.2) is 6.61 Å². The topological polar surface area (TPSA) is 9.23 Å². The van der Waals surface area contributed by atoms with Gasteiger partial charge in [-0.25, -0.2) is 0 Å². The molecule has 104 valence electrons. The van der Waals surface area contributed by atoms with Crippen molar-refractivity contribution in [2.45, 2.75) is 18.2 Å². The SMILES string of the molecule is Cc1c(Br)cccc1C(Br)c1cc(Br)cc2c1OCC2. The predicted octanol–water partition coefficient (Wildman–Crippen LogP) is 5.94. The highest BCUT2D eigenvalue weighted by Crippen LogP contribution is 2.43. The zero-order chi connectivity index (χ0) is 14.3. The number of rotatable bonds is 2. The Morgan fingerprint density at radius 3 is 2.75 bits per heavy atom. The van der Waals surface area contributed by atoms with Crippen molar-refractivity contribution in [1.29, 1.82) is 0 Å². The van der Waals surface area contributed by atoms with Gasteiger partial charge in [0.2, 0.25) is 0 Å². The minimum Gasteiger partial charge on any atom is -0.493 e. The molecule has 0 saturated carbocycles. The van der Waals surface area contributed by atoms with Gasteiger partial charge in [-0.1, -0.05) is 59.9 Å². The number of hydrogen-bond acceptors (Lipinski definition) is 1. The van der Waals surface area contributed by atoms with E-state index in [9.17, 15) is 0 Å². The third-order valence-corrected chi connectivity index (χ3v) is 5.94. The molecule has 0 fully saturated rings. The fourth-order valence-electron chi connectivity index (χ4n) is 2.55. The highest BCUT2D eigenvalue weighted by Gasteiger charge is 2.24. The summed E-state index contributed by atoms with van der Waals surface area (Å²) < 4.78 is 8.07. The molecule has 4 heteroatoms. The van der Waals surface area contributed by atoms with Crippen LogP contribution in [0.25, 0.3) is 0 Å². The van der Waals surface area contributed by atoms with Crippen molar-refractivity contribution in [3.05, 3.63) is 61.5 Å². The van der Waals surface area contributed by atoms with Gasteiger partial charge in [-0.05, 0) is 41.8 Å². The number of halogens is 3. The van der Waals surface area contributed by atoms with Gasteiger partial charge in [0.1, 0.15) is 5.75 Å². The van der Waals surface area contributed by atoms with E-state index in [0.717, 1.165) is 27.7 Å². The van der Waals surface area contributed by atoms with Gasteiger partial charge >= 0.3 is 0 Å². The van der Waals surface area contributed by atoms with Gasteiger partial charge < -0.3 is 4.74 Å². The molecule has 3 rings (SSSR count). The molecule has 1 heterocycles. The molecular weight excluding hydrogens is 448 g/mol. The van der Waals surface area contributed by atoms with Crippen LogP contribution in [0.15, 0.2) is 39.3 Å². The first-order valence-corrected chi connectivity index (χ1v) is 8.92. The number of benzene rings is 2. The first kappa shape index (κ1) is 14.6. The lowest BCUT2D eigenvalue weighted by molar-refractivity contribution is 0.354. The zero-order valence-corrected chi connectivity index (χ0v) is 15.7. The Morgan fingerprint density at radius 1 is 1.15 bits per heavy atom. The Hall–Kier alpha value is -0.320. The van der Waals surface area contributed by atoms with E-state index in [1.807, 2.05) is 0 Å². The number of fused-ring (bicyclic) bond motifs is 1. The van der Waals surface area contributed by atoms with Crippen LogP contribution in [0, 0.1) is 6.92 Å². The average Bonchev–Trinajstić information content (AvgIpc) is 2.88. The van der Waals surface area contributed by atoms with E-state index in [1.165, 1.54) is 22.3 Å². The molecule has 0 saturated heterocycles. The minimum atomic E-state index is 0.129. The summed E-state index contributed by atoms with van der Waals surface area (Å²) in [6.45, 7) is 2.91. The second-order valence-electron chi connectivity index (χ2n) is 4.90. The summed E-state index contributed by atoms with van der Waals surface area (Å²) in [5.74, 6) is 1.04. The molecule has 0 N–H and O–H groups in total. The Kier molecular flexibility index (Phi) is 4.25. The quantitative estimate of drug-likeness (QED) is 0.504. The summed E-state index contributed by atoms with van der Waals surface area (Å²) >= 11 is 11.1. The molecule has 2 aromatic carbocycles. The normalized spacial score (nSPS) is 14.8. The van der Waals surface area contributed by atoms with Gasteiger partial charge in [0.15, 0.2) is 0 Å². The molecule has 1 aliphatic rings. The third-order valence-electron chi connectivity index (χ3n) is 3.63. The highest BCUT2D eigenvalue weighted by molar-refractivity contribution is 9.11. The van der Waals surface area contributed by atoms with Crippen molar-refractivity contribution in [1.82, 2.24) is 0 Å². The molecule has 0 spiro atoms. The molecule has 0 amide bonds. The van der Waals surface area contributed by atoms with Crippen LogP contribution in [-0.2, 0) is 6.42 Å². The van der Waals surface area contributed by atoms with Crippen LogP contribution in [0.2, 0.25) is 0 Å². The first-order chi connectivity index (χ1) is 9.58. The van der Waals surface area contributed by atoms with E-state index in [-0.39, 0.29) is 4.83 Å². The predicted molar refractivity (Wildman–Crippen MR) is 93.0 cm³/mol. The Labute approximate surface area is 144 Å². The number of ether oxygens (including phenoxy) is 1. The number of alkyl halides is 1. The van der Waals surface area contributed by atoms with Gasteiger partial charge in [0.25, 0.3) is 0 Å². The summed E-state index contributed by atoms with van der Waals surface area (Å²) in [6, 6.07) is 10.6. The molecule has 20 heavy (non-hydrogen) atoms. The van der Waals surface area contributed by atoms with Gasteiger partial charge in [0, 0.05) is 20.9 Å². The Balaban J connectivity index is 2.11. The van der Waals surface area contributed by atoms with E-state index >= 15 is 0 Å². The molecule has 1 aliphatic heterocycles. The fourth-order valence-corrected chi connectivity index (χ4v) is 4.29. The molecule has 0 bridgehead atoms. The van der Waals surface area contributed by atoms with Gasteiger partial charge in [-0.15, -0.1) is 0 Å². The van der Waals surface area contributed by atoms with Gasteiger partial charge in [-0.3, -0.25) is 0 Å². The smallest absolute Gasteiger partial charge is 0.127 e. The maximum absolute atomic E-state index is 5.83. The number of hydrogen-bond donors (Lipinski definition) is 0. The van der Waals surface area contributed by atoms with Crippen LogP contribution in [0.3, 0.4) is 0 Å². The fraction of sp³-hybridized carbons (Fsp3) is 0.250. The largest absolute Gasteiger partial charge is 0.493 e. The second kappa shape index (κ2) is 5.82. The molecule has 0 radical (unpaired) electrons. The Bertz CT molecular complexity index is 667. The lowest BCUT2D eigenvalue weighted by Crippen LogP contribution is -1.99. The molecule has 1 nitrogen and oxygen atoms in total. The maximum atomic E-state index is 5.83. The van der Waals surface area contributed by atoms with Crippen LogP contribution in [0.5, 0.6) is 5.75 Å². The van der Waals surface area contributed by atoms with Gasteiger partial charge in [-0.2, -0.15) is 0 Å². The van der Waals surface area contributed by atoms with Crippen LogP contribution < -0.4 is 4.74 Å². The second-order valence-corrected chi connectivity index (χ2v) is 7.58. The van der Waals surface area contributed by atoms with Crippen LogP contribution in [0.4, 0.5) is 0 Å². The van der Waals surface area contributed by atoms with Crippen molar-refractivity contribution >= 4 is 47.8 Å². The third kappa shape index (κ3) is 2.58. The molecular formula is C16H13Br3O. The molecule has 0 aliphatic carbocycles. The Morgan fingerprint density at radius 2 is 1.95 bits per heavy atom. The summed E-state index contributed by atoms with van der Waals surface area (Å²) in [5.41, 5.74) is 4.98. The maximum Gasteiger partial charge on any atom is 0.127 e.